The second kappa shape index (κ2) is 8.05. The molecule has 0 aliphatic heterocycles. The van der Waals surface area contributed by atoms with Crippen LogP contribution in [-0.2, 0) is 24.3 Å². The summed E-state index contributed by atoms with van der Waals surface area (Å²) in [5.74, 6) is -0.000357. The molecule has 4 rings (SSSR count). The van der Waals surface area contributed by atoms with Gasteiger partial charge in [0.15, 0.2) is 0 Å². The lowest BCUT2D eigenvalue weighted by atomic mass is 10.1. The van der Waals surface area contributed by atoms with Crippen LogP contribution in [0.1, 0.15) is 22.4 Å². The van der Waals surface area contributed by atoms with Gasteiger partial charge in [0.05, 0.1) is 23.8 Å². The first kappa shape index (κ1) is 17.9. The fourth-order valence-corrected chi connectivity index (χ4v) is 3.15. The van der Waals surface area contributed by atoms with Crippen molar-refractivity contribution < 1.29 is 4.79 Å². The van der Waals surface area contributed by atoms with Gasteiger partial charge in [0.2, 0.25) is 5.91 Å². The summed E-state index contributed by atoms with van der Waals surface area (Å²) < 4.78 is 2.14. The van der Waals surface area contributed by atoms with E-state index in [9.17, 15) is 4.79 Å². The number of para-hydroxylation sites is 2. The minimum absolute atomic E-state index is 0.000357. The Morgan fingerprint density at radius 3 is 2.46 bits per heavy atom. The van der Waals surface area contributed by atoms with Crippen molar-refractivity contribution in [3.05, 3.63) is 95.6 Å². The summed E-state index contributed by atoms with van der Waals surface area (Å²) in [4.78, 5) is 20.8. The lowest BCUT2D eigenvalue weighted by Crippen LogP contribution is -2.24. The van der Waals surface area contributed by atoms with E-state index in [1.54, 1.807) is 6.20 Å². The molecule has 1 N–H and O–H groups in total. The number of aromatic nitrogens is 3. The molecule has 0 fully saturated rings. The van der Waals surface area contributed by atoms with Crippen molar-refractivity contribution in [3.8, 4) is 0 Å². The van der Waals surface area contributed by atoms with E-state index >= 15 is 0 Å². The normalized spacial score (nSPS) is 10.9. The smallest absolute Gasteiger partial charge is 0.224 e. The monoisotopic (exact) mass is 370 g/mol. The quantitative estimate of drug-likeness (QED) is 0.564. The number of benzene rings is 2. The van der Waals surface area contributed by atoms with E-state index in [2.05, 4.69) is 50.2 Å². The summed E-state index contributed by atoms with van der Waals surface area (Å²) in [6.45, 7) is 3.22. The van der Waals surface area contributed by atoms with Crippen molar-refractivity contribution in [2.24, 2.45) is 0 Å². The number of pyridine rings is 1. The maximum Gasteiger partial charge on any atom is 0.224 e. The predicted molar refractivity (Wildman–Crippen MR) is 110 cm³/mol. The molecule has 0 unspecified atom stereocenters. The molecule has 28 heavy (non-hydrogen) atoms. The van der Waals surface area contributed by atoms with Crippen LogP contribution in [0.2, 0.25) is 0 Å². The summed E-state index contributed by atoms with van der Waals surface area (Å²) in [7, 11) is 0. The highest BCUT2D eigenvalue weighted by molar-refractivity contribution is 5.78. The fraction of sp³-hybridized carbons (Fsp3) is 0.174. The molecule has 4 aromatic rings. The Hall–Kier alpha value is -3.47. The van der Waals surface area contributed by atoms with Crippen LogP contribution in [0.25, 0.3) is 11.0 Å². The molecule has 2 heterocycles. The van der Waals surface area contributed by atoms with Gasteiger partial charge in [0.25, 0.3) is 0 Å². The zero-order chi connectivity index (χ0) is 19.3. The van der Waals surface area contributed by atoms with E-state index in [0.717, 1.165) is 34.4 Å². The molecule has 0 aliphatic carbocycles. The van der Waals surface area contributed by atoms with Gasteiger partial charge in [-0.3, -0.25) is 9.78 Å². The van der Waals surface area contributed by atoms with Crippen LogP contribution in [0.4, 0.5) is 0 Å². The molecule has 0 radical (unpaired) electrons. The van der Waals surface area contributed by atoms with Gasteiger partial charge in [-0.15, -0.1) is 0 Å². The number of fused-ring (bicyclic) bond motifs is 1. The Kier molecular flexibility index (Phi) is 5.15. The number of rotatable bonds is 6. The molecule has 1 amide bonds. The Bertz CT molecular complexity index is 1080. The summed E-state index contributed by atoms with van der Waals surface area (Å²) >= 11 is 0. The molecule has 140 valence electrons. The number of carbonyl (C=O) groups is 1. The molecule has 5 heteroatoms. The van der Waals surface area contributed by atoms with Gasteiger partial charge in [-0.05, 0) is 41.8 Å². The maximum absolute atomic E-state index is 12.1. The van der Waals surface area contributed by atoms with Crippen molar-refractivity contribution in [2.75, 3.05) is 0 Å². The Morgan fingerprint density at radius 1 is 0.929 bits per heavy atom. The van der Waals surface area contributed by atoms with Crippen LogP contribution in [0, 0.1) is 6.92 Å². The topological polar surface area (TPSA) is 59.8 Å². The van der Waals surface area contributed by atoms with Crippen LogP contribution >= 0.6 is 0 Å². The van der Waals surface area contributed by atoms with Crippen LogP contribution < -0.4 is 5.32 Å². The number of amides is 1. The zero-order valence-corrected chi connectivity index (χ0v) is 15.8. The van der Waals surface area contributed by atoms with Gasteiger partial charge in [-0.1, -0.05) is 42.5 Å². The van der Waals surface area contributed by atoms with E-state index in [1.165, 1.54) is 5.56 Å². The van der Waals surface area contributed by atoms with Gasteiger partial charge in [0.1, 0.15) is 0 Å². The lowest BCUT2D eigenvalue weighted by molar-refractivity contribution is -0.120. The highest BCUT2D eigenvalue weighted by atomic mass is 16.1. The van der Waals surface area contributed by atoms with Gasteiger partial charge in [0, 0.05) is 25.0 Å². The number of aryl methyl sites for hydroxylation is 1. The van der Waals surface area contributed by atoms with Crippen LogP contribution in [-0.4, -0.2) is 20.4 Å². The molecule has 0 aliphatic rings. The number of imidazole rings is 1. The molecule has 0 saturated carbocycles. The number of nitrogens with zero attached hydrogens (tertiary/aromatic N) is 3. The molecular formula is C23H22N4O. The van der Waals surface area contributed by atoms with Gasteiger partial charge in [-0.2, -0.15) is 0 Å². The molecule has 0 bridgehead atoms. The van der Waals surface area contributed by atoms with Crippen LogP contribution in [0.15, 0.2) is 73.2 Å². The Balaban J connectivity index is 1.33. The first-order chi connectivity index (χ1) is 13.7. The van der Waals surface area contributed by atoms with Gasteiger partial charge in [-0.25, -0.2) is 4.98 Å². The van der Waals surface area contributed by atoms with Crippen molar-refractivity contribution in [1.29, 1.82) is 0 Å². The van der Waals surface area contributed by atoms with E-state index in [1.807, 2.05) is 43.6 Å². The lowest BCUT2D eigenvalue weighted by Gasteiger charge is -2.08. The molecular weight excluding hydrogens is 348 g/mol. The third-order valence-corrected chi connectivity index (χ3v) is 4.73. The van der Waals surface area contributed by atoms with Gasteiger partial charge >= 0.3 is 0 Å². The molecule has 5 nitrogen and oxygen atoms in total. The number of hydrogen-bond acceptors (Lipinski definition) is 3. The highest BCUT2D eigenvalue weighted by Crippen LogP contribution is 2.14. The van der Waals surface area contributed by atoms with E-state index in [-0.39, 0.29) is 5.91 Å². The van der Waals surface area contributed by atoms with Crippen molar-refractivity contribution >= 4 is 16.9 Å². The van der Waals surface area contributed by atoms with Gasteiger partial charge < -0.3 is 9.88 Å². The summed E-state index contributed by atoms with van der Waals surface area (Å²) in [6.07, 6.45) is 3.97. The zero-order valence-electron chi connectivity index (χ0n) is 15.8. The van der Waals surface area contributed by atoms with Crippen molar-refractivity contribution in [2.45, 2.75) is 26.4 Å². The standard InChI is InChI=1S/C23H22N4O/c1-17-6-7-20(14-24-17)12-23(28)25-13-18-8-10-19(11-9-18)15-27-16-26-21-4-2-3-5-22(21)27/h2-11,14,16H,12-13,15H2,1H3,(H,25,28). The van der Waals surface area contributed by atoms with Crippen LogP contribution in [0.5, 0.6) is 0 Å². The average molecular weight is 370 g/mol. The molecule has 2 aromatic heterocycles. The fourth-order valence-electron chi connectivity index (χ4n) is 3.15. The van der Waals surface area contributed by atoms with Crippen LogP contribution in [0.3, 0.4) is 0 Å². The first-order valence-corrected chi connectivity index (χ1v) is 9.33. The predicted octanol–water partition coefficient (Wildman–Crippen LogP) is 3.65. The molecule has 0 spiro atoms. The van der Waals surface area contributed by atoms with E-state index in [4.69, 9.17) is 0 Å². The number of hydrogen-bond donors (Lipinski definition) is 1. The largest absolute Gasteiger partial charge is 0.352 e. The maximum atomic E-state index is 12.1. The molecule has 2 aromatic carbocycles. The second-order valence-electron chi connectivity index (χ2n) is 6.94. The molecule has 0 atom stereocenters. The average Bonchev–Trinajstić information content (AvgIpc) is 3.12. The van der Waals surface area contributed by atoms with E-state index in [0.29, 0.717) is 13.0 Å². The second-order valence-corrected chi connectivity index (χ2v) is 6.94. The summed E-state index contributed by atoms with van der Waals surface area (Å²) in [5.41, 5.74) is 6.28. The third-order valence-electron chi connectivity index (χ3n) is 4.73. The summed E-state index contributed by atoms with van der Waals surface area (Å²) in [5, 5.41) is 2.97. The Morgan fingerprint density at radius 2 is 1.68 bits per heavy atom. The van der Waals surface area contributed by atoms with Crippen molar-refractivity contribution in [3.63, 3.8) is 0 Å². The summed E-state index contributed by atoms with van der Waals surface area (Å²) in [6, 6.07) is 20.3. The third kappa shape index (κ3) is 4.26. The first-order valence-electron chi connectivity index (χ1n) is 9.33. The minimum Gasteiger partial charge on any atom is -0.352 e. The molecule has 0 saturated heterocycles. The number of nitrogens with one attached hydrogen (secondary N) is 1. The Labute approximate surface area is 164 Å². The SMILES string of the molecule is Cc1ccc(CC(=O)NCc2ccc(Cn3cnc4ccccc43)cc2)cn1. The number of carbonyl (C=O) groups excluding carboxylic acids is 1. The highest BCUT2D eigenvalue weighted by Gasteiger charge is 2.05. The van der Waals surface area contributed by atoms with E-state index < -0.39 is 0 Å². The minimum atomic E-state index is -0.000357. The van der Waals surface area contributed by atoms with Crippen molar-refractivity contribution in [1.82, 2.24) is 19.9 Å².